The maximum Gasteiger partial charge on any atom is 0.335 e. The third-order valence-electron chi connectivity index (χ3n) is 3.51. The zero-order chi connectivity index (χ0) is 18.6. The Labute approximate surface area is 150 Å². The van der Waals surface area contributed by atoms with Crippen LogP contribution in [0.4, 0.5) is 5.69 Å². The SMILES string of the molecule is O=C(O)c1ccc(S(=O)(=O)Nc2ccccc2Oc2ccccc2)cc1. The second-order valence-electron chi connectivity index (χ2n) is 5.35. The van der Waals surface area contributed by atoms with Crippen LogP contribution in [0.15, 0.2) is 83.8 Å². The lowest BCUT2D eigenvalue weighted by molar-refractivity contribution is 0.0696. The zero-order valence-corrected chi connectivity index (χ0v) is 14.3. The Morgan fingerprint density at radius 1 is 0.846 bits per heavy atom. The van der Waals surface area contributed by atoms with Crippen LogP contribution in [0.3, 0.4) is 0 Å². The number of rotatable bonds is 6. The summed E-state index contributed by atoms with van der Waals surface area (Å²) >= 11 is 0. The molecule has 7 heteroatoms. The summed E-state index contributed by atoms with van der Waals surface area (Å²) < 4.78 is 33.4. The van der Waals surface area contributed by atoms with Crippen molar-refractivity contribution in [2.45, 2.75) is 4.90 Å². The van der Waals surface area contributed by atoms with Gasteiger partial charge in [-0.3, -0.25) is 4.72 Å². The molecule has 0 aliphatic carbocycles. The van der Waals surface area contributed by atoms with Gasteiger partial charge in [0.05, 0.1) is 16.1 Å². The van der Waals surface area contributed by atoms with Gasteiger partial charge in [-0.25, -0.2) is 13.2 Å². The molecule has 26 heavy (non-hydrogen) atoms. The highest BCUT2D eigenvalue weighted by molar-refractivity contribution is 7.92. The first kappa shape index (κ1) is 17.5. The van der Waals surface area contributed by atoms with Gasteiger partial charge in [0.25, 0.3) is 10.0 Å². The average molecular weight is 369 g/mol. The van der Waals surface area contributed by atoms with Crippen LogP contribution in [0.2, 0.25) is 0 Å². The highest BCUT2D eigenvalue weighted by atomic mass is 32.2. The number of sulfonamides is 1. The molecule has 0 heterocycles. The van der Waals surface area contributed by atoms with Crippen LogP contribution >= 0.6 is 0 Å². The molecular weight excluding hydrogens is 354 g/mol. The molecule has 132 valence electrons. The van der Waals surface area contributed by atoms with E-state index < -0.39 is 16.0 Å². The van der Waals surface area contributed by atoms with Crippen molar-refractivity contribution in [3.8, 4) is 11.5 Å². The molecule has 0 fully saturated rings. The first-order valence-corrected chi connectivity index (χ1v) is 9.12. The molecule has 0 aromatic heterocycles. The summed E-state index contributed by atoms with van der Waals surface area (Å²) in [4.78, 5) is 10.8. The number of aromatic carboxylic acids is 1. The molecule has 0 atom stereocenters. The van der Waals surface area contributed by atoms with Crippen molar-refractivity contribution < 1.29 is 23.1 Å². The third kappa shape index (κ3) is 4.01. The maximum atomic E-state index is 12.6. The second kappa shape index (κ2) is 7.28. The minimum Gasteiger partial charge on any atom is -0.478 e. The van der Waals surface area contributed by atoms with Gasteiger partial charge in [0.15, 0.2) is 5.75 Å². The maximum absolute atomic E-state index is 12.6. The molecule has 2 N–H and O–H groups in total. The molecule has 0 bridgehead atoms. The summed E-state index contributed by atoms with van der Waals surface area (Å²) in [5.74, 6) is -0.196. The first-order valence-electron chi connectivity index (χ1n) is 7.64. The Kier molecular flexibility index (Phi) is 4.90. The Bertz CT molecular complexity index is 1020. The van der Waals surface area contributed by atoms with Gasteiger partial charge in [0, 0.05) is 0 Å². The lowest BCUT2D eigenvalue weighted by atomic mass is 10.2. The number of hydrogen-bond donors (Lipinski definition) is 2. The smallest absolute Gasteiger partial charge is 0.335 e. The zero-order valence-electron chi connectivity index (χ0n) is 13.5. The summed E-state index contributed by atoms with van der Waals surface area (Å²) in [6, 6.07) is 20.6. The number of hydrogen-bond acceptors (Lipinski definition) is 4. The largest absolute Gasteiger partial charge is 0.478 e. The normalized spacial score (nSPS) is 10.9. The third-order valence-corrected chi connectivity index (χ3v) is 4.90. The Balaban J connectivity index is 1.87. The molecule has 0 unspecified atom stereocenters. The molecular formula is C19H15NO5S. The van der Waals surface area contributed by atoms with Gasteiger partial charge in [-0.1, -0.05) is 30.3 Å². The van der Waals surface area contributed by atoms with Gasteiger partial charge in [-0.15, -0.1) is 0 Å². The highest BCUT2D eigenvalue weighted by Crippen LogP contribution is 2.30. The van der Waals surface area contributed by atoms with Crippen LogP contribution in [0.25, 0.3) is 0 Å². The van der Waals surface area contributed by atoms with Crippen molar-refractivity contribution in [3.05, 3.63) is 84.4 Å². The minimum atomic E-state index is -3.89. The number of carboxylic acids is 1. The fraction of sp³-hybridized carbons (Fsp3) is 0. The van der Waals surface area contributed by atoms with Gasteiger partial charge in [0.2, 0.25) is 0 Å². The van der Waals surface area contributed by atoms with Crippen LogP contribution in [0.5, 0.6) is 11.5 Å². The second-order valence-corrected chi connectivity index (χ2v) is 7.03. The van der Waals surface area contributed by atoms with Crippen LogP contribution < -0.4 is 9.46 Å². The van der Waals surface area contributed by atoms with E-state index in [0.717, 1.165) is 0 Å². The number of para-hydroxylation sites is 3. The van der Waals surface area contributed by atoms with Crippen LogP contribution in [0.1, 0.15) is 10.4 Å². The van der Waals surface area contributed by atoms with E-state index in [1.807, 2.05) is 18.2 Å². The highest BCUT2D eigenvalue weighted by Gasteiger charge is 2.17. The van der Waals surface area contributed by atoms with Crippen LogP contribution in [0, 0.1) is 0 Å². The quantitative estimate of drug-likeness (QED) is 0.686. The van der Waals surface area contributed by atoms with Gasteiger partial charge in [-0.2, -0.15) is 0 Å². The fourth-order valence-electron chi connectivity index (χ4n) is 2.24. The van der Waals surface area contributed by atoms with E-state index in [1.54, 1.807) is 36.4 Å². The molecule has 0 aliphatic rings. The topological polar surface area (TPSA) is 92.7 Å². The lowest BCUT2D eigenvalue weighted by Crippen LogP contribution is -2.13. The van der Waals surface area contributed by atoms with E-state index in [-0.39, 0.29) is 16.1 Å². The number of ether oxygens (including phenoxy) is 1. The summed E-state index contributed by atoms with van der Waals surface area (Å²) in [6.45, 7) is 0. The molecule has 6 nitrogen and oxygen atoms in total. The number of carboxylic acid groups (broad SMARTS) is 1. The monoisotopic (exact) mass is 369 g/mol. The van der Waals surface area contributed by atoms with Gasteiger partial charge in [-0.05, 0) is 48.5 Å². The standard InChI is InChI=1S/C19H15NO5S/c21-19(22)14-10-12-16(13-11-14)26(23,24)20-17-8-4-5-9-18(17)25-15-6-2-1-3-7-15/h1-13,20H,(H,21,22). The van der Waals surface area contributed by atoms with E-state index in [4.69, 9.17) is 9.84 Å². The average Bonchev–Trinajstić information content (AvgIpc) is 2.64. The molecule has 0 amide bonds. The van der Waals surface area contributed by atoms with E-state index >= 15 is 0 Å². The van der Waals surface area contributed by atoms with Gasteiger partial charge < -0.3 is 9.84 Å². The predicted octanol–water partition coefficient (Wildman–Crippen LogP) is 3.98. The molecule has 3 aromatic rings. The Morgan fingerprint density at radius 2 is 1.46 bits per heavy atom. The lowest BCUT2D eigenvalue weighted by Gasteiger charge is -2.13. The molecule has 3 aromatic carbocycles. The molecule has 0 saturated carbocycles. The number of benzene rings is 3. The van der Waals surface area contributed by atoms with Crippen molar-refractivity contribution in [1.29, 1.82) is 0 Å². The number of carbonyl (C=O) groups is 1. The number of nitrogens with one attached hydrogen (secondary N) is 1. The van der Waals surface area contributed by atoms with Crippen molar-refractivity contribution in [1.82, 2.24) is 0 Å². The molecule has 0 spiro atoms. The fourth-order valence-corrected chi connectivity index (χ4v) is 3.31. The van der Waals surface area contributed by atoms with E-state index in [0.29, 0.717) is 11.5 Å². The molecule has 0 saturated heterocycles. The first-order chi connectivity index (χ1) is 12.5. The summed E-state index contributed by atoms with van der Waals surface area (Å²) in [5.41, 5.74) is 0.287. The van der Waals surface area contributed by atoms with Crippen molar-refractivity contribution >= 4 is 21.7 Å². The van der Waals surface area contributed by atoms with E-state index in [9.17, 15) is 13.2 Å². The summed E-state index contributed by atoms with van der Waals surface area (Å²) in [7, 11) is -3.89. The van der Waals surface area contributed by atoms with Gasteiger partial charge >= 0.3 is 5.97 Å². The predicted molar refractivity (Wildman–Crippen MR) is 97.2 cm³/mol. The Morgan fingerprint density at radius 3 is 2.12 bits per heavy atom. The van der Waals surface area contributed by atoms with Crippen molar-refractivity contribution in [2.24, 2.45) is 0 Å². The van der Waals surface area contributed by atoms with E-state index in [1.165, 1.54) is 24.3 Å². The molecule has 0 aliphatic heterocycles. The summed E-state index contributed by atoms with van der Waals surface area (Å²) in [5, 5.41) is 8.91. The summed E-state index contributed by atoms with van der Waals surface area (Å²) in [6.07, 6.45) is 0. The molecule has 3 rings (SSSR count). The van der Waals surface area contributed by atoms with Crippen LogP contribution in [-0.4, -0.2) is 19.5 Å². The molecule has 0 radical (unpaired) electrons. The van der Waals surface area contributed by atoms with Crippen molar-refractivity contribution in [2.75, 3.05) is 4.72 Å². The number of anilines is 1. The van der Waals surface area contributed by atoms with Crippen LogP contribution in [-0.2, 0) is 10.0 Å². The van der Waals surface area contributed by atoms with E-state index in [2.05, 4.69) is 4.72 Å². The van der Waals surface area contributed by atoms with Gasteiger partial charge in [0.1, 0.15) is 5.75 Å². The minimum absolute atomic E-state index is 0.0109. The Hall–Kier alpha value is -3.32. The van der Waals surface area contributed by atoms with Crippen molar-refractivity contribution in [3.63, 3.8) is 0 Å².